The molecule has 0 amide bonds. The molecule has 0 aliphatic heterocycles. The molecular formula is C12H19NO3S. The third kappa shape index (κ3) is 4.36. The van der Waals surface area contributed by atoms with Gasteiger partial charge in [0.1, 0.15) is 11.5 Å². The van der Waals surface area contributed by atoms with E-state index in [4.69, 9.17) is 4.74 Å². The van der Waals surface area contributed by atoms with Crippen LogP contribution in [0.25, 0.3) is 0 Å². The molecule has 0 bridgehead atoms. The van der Waals surface area contributed by atoms with Crippen molar-refractivity contribution in [2.24, 2.45) is 0 Å². The highest BCUT2D eigenvalue weighted by Crippen LogP contribution is 2.22. The van der Waals surface area contributed by atoms with Gasteiger partial charge in [0.05, 0.1) is 7.11 Å². The summed E-state index contributed by atoms with van der Waals surface area (Å²) in [5.41, 5.74) is 0.776. The zero-order valence-corrected chi connectivity index (χ0v) is 11.2. The van der Waals surface area contributed by atoms with Crippen LogP contribution >= 0.6 is 0 Å². The van der Waals surface area contributed by atoms with Crippen LogP contribution in [0.5, 0.6) is 11.5 Å². The molecule has 1 aromatic carbocycles. The number of phenolic OH excluding ortho intramolecular Hbond substituents is 1. The average molecular weight is 257 g/mol. The molecule has 0 saturated heterocycles. The number of aromatic hydroxyl groups is 1. The normalized spacial score (nSPS) is 14.3. The molecule has 2 atom stereocenters. The fourth-order valence-electron chi connectivity index (χ4n) is 1.36. The second kappa shape index (κ2) is 6.61. The van der Waals surface area contributed by atoms with Crippen LogP contribution < -0.4 is 10.1 Å². The third-order valence-corrected chi connectivity index (χ3v) is 3.90. The van der Waals surface area contributed by atoms with Crippen molar-refractivity contribution in [1.29, 1.82) is 0 Å². The Kier molecular flexibility index (Phi) is 5.44. The van der Waals surface area contributed by atoms with E-state index in [0.29, 0.717) is 18.8 Å². The van der Waals surface area contributed by atoms with Gasteiger partial charge in [-0.3, -0.25) is 4.21 Å². The molecule has 5 heteroatoms. The molecule has 0 radical (unpaired) electrons. The largest absolute Gasteiger partial charge is 0.508 e. The lowest BCUT2D eigenvalue weighted by Crippen LogP contribution is -2.27. The van der Waals surface area contributed by atoms with E-state index >= 15 is 0 Å². The molecule has 0 heterocycles. The summed E-state index contributed by atoms with van der Waals surface area (Å²) in [7, 11) is 0.760. The maximum absolute atomic E-state index is 11.2. The maximum atomic E-state index is 11.2. The number of phenols is 1. The molecule has 0 aliphatic carbocycles. The zero-order chi connectivity index (χ0) is 12.8. The summed E-state index contributed by atoms with van der Waals surface area (Å²) in [5, 5.41) is 12.9. The van der Waals surface area contributed by atoms with E-state index in [1.807, 2.05) is 6.92 Å². The number of benzene rings is 1. The summed E-state index contributed by atoms with van der Waals surface area (Å²) in [6, 6.07) is 5.11. The Morgan fingerprint density at radius 2 is 2.24 bits per heavy atom. The highest BCUT2D eigenvalue weighted by molar-refractivity contribution is 7.84. The van der Waals surface area contributed by atoms with Gasteiger partial charge in [-0.2, -0.15) is 0 Å². The maximum Gasteiger partial charge on any atom is 0.120 e. The number of ether oxygens (including phenoxy) is 1. The van der Waals surface area contributed by atoms with Gasteiger partial charge in [-0.15, -0.1) is 0 Å². The minimum Gasteiger partial charge on any atom is -0.508 e. The van der Waals surface area contributed by atoms with Crippen molar-refractivity contribution < 1.29 is 14.1 Å². The molecular weight excluding hydrogens is 238 g/mol. The first-order valence-electron chi connectivity index (χ1n) is 5.43. The van der Waals surface area contributed by atoms with Crippen molar-refractivity contribution in [1.82, 2.24) is 5.32 Å². The highest BCUT2D eigenvalue weighted by Gasteiger charge is 2.07. The van der Waals surface area contributed by atoms with Crippen LogP contribution in [0.3, 0.4) is 0 Å². The lowest BCUT2D eigenvalue weighted by molar-refractivity contribution is 0.410. The molecule has 1 rings (SSSR count). The van der Waals surface area contributed by atoms with Crippen molar-refractivity contribution in [2.45, 2.75) is 18.7 Å². The summed E-state index contributed by atoms with van der Waals surface area (Å²) in [6.07, 6.45) is 1.69. The van der Waals surface area contributed by atoms with Gasteiger partial charge in [-0.1, -0.05) is 0 Å². The number of rotatable bonds is 6. The quantitative estimate of drug-likeness (QED) is 0.805. The number of hydrogen-bond donors (Lipinski definition) is 2. The van der Waals surface area contributed by atoms with Crippen molar-refractivity contribution in [3.8, 4) is 11.5 Å². The van der Waals surface area contributed by atoms with Crippen LogP contribution in [-0.4, -0.2) is 34.5 Å². The Balaban J connectivity index is 2.54. The average Bonchev–Trinajstić information content (AvgIpc) is 2.31. The monoisotopic (exact) mass is 257 g/mol. The van der Waals surface area contributed by atoms with E-state index in [-0.39, 0.29) is 11.0 Å². The standard InChI is InChI=1S/C12H19NO3S/c1-9(17(3)15)7-13-8-10-6-11(16-2)4-5-12(10)14/h4-6,9,13-14H,7-8H2,1-3H3. The summed E-state index contributed by atoms with van der Waals surface area (Å²) in [6.45, 7) is 3.11. The molecule has 0 saturated carbocycles. The molecule has 96 valence electrons. The Morgan fingerprint density at radius 3 is 2.82 bits per heavy atom. The first kappa shape index (κ1) is 14.0. The summed E-state index contributed by atoms with van der Waals surface area (Å²) >= 11 is 0. The van der Waals surface area contributed by atoms with Crippen molar-refractivity contribution in [2.75, 3.05) is 19.9 Å². The number of methoxy groups -OCH3 is 1. The Labute approximate surface area is 104 Å². The summed E-state index contributed by atoms with van der Waals surface area (Å²) in [4.78, 5) is 0. The van der Waals surface area contributed by atoms with Gasteiger partial charge in [-0.25, -0.2) is 0 Å². The Bertz CT molecular complexity index is 395. The van der Waals surface area contributed by atoms with Crippen molar-refractivity contribution >= 4 is 10.8 Å². The van der Waals surface area contributed by atoms with E-state index < -0.39 is 10.8 Å². The fourth-order valence-corrected chi connectivity index (χ4v) is 1.71. The topological polar surface area (TPSA) is 58.6 Å². The molecule has 2 unspecified atom stereocenters. The van der Waals surface area contributed by atoms with Crippen LogP contribution in [0.4, 0.5) is 0 Å². The van der Waals surface area contributed by atoms with E-state index in [0.717, 1.165) is 5.56 Å². The van der Waals surface area contributed by atoms with Crippen LogP contribution in [0.2, 0.25) is 0 Å². The summed E-state index contributed by atoms with van der Waals surface area (Å²) in [5.74, 6) is 0.954. The van der Waals surface area contributed by atoms with Crippen LogP contribution in [-0.2, 0) is 17.3 Å². The Hall–Kier alpha value is -1.07. The SMILES string of the molecule is COc1ccc(O)c(CNCC(C)S(C)=O)c1. The van der Waals surface area contributed by atoms with E-state index in [9.17, 15) is 9.32 Å². The van der Waals surface area contributed by atoms with Crippen molar-refractivity contribution in [3.63, 3.8) is 0 Å². The molecule has 2 N–H and O–H groups in total. The zero-order valence-electron chi connectivity index (χ0n) is 10.4. The fraction of sp³-hybridized carbons (Fsp3) is 0.500. The van der Waals surface area contributed by atoms with Gasteiger partial charge in [0.2, 0.25) is 0 Å². The highest BCUT2D eigenvalue weighted by atomic mass is 32.2. The van der Waals surface area contributed by atoms with E-state index in [2.05, 4.69) is 5.32 Å². The van der Waals surface area contributed by atoms with E-state index in [1.165, 1.54) is 0 Å². The predicted molar refractivity (Wildman–Crippen MR) is 69.9 cm³/mol. The van der Waals surface area contributed by atoms with E-state index in [1.54, 1.807) is 31.6 Å². The smallest absolute Gasteiger partial charge is 0.120 e. The van der Waals surface area contributed by atoms with Crippen LogP contribution in [0, 0.1) is 0 Å². The number of hydrogen-bond acceptors (Lipinski definition) is 4. The molecule has 1 aromatic rings. The second-order valence-corrected chi connectivity index (χ2v) is 5.74. The molecule has 0 fully saturated rings. The van der Waals surface area contributed by atoms with Crippen LogP contribution in [0.15, 0.2) is 18.2 Å². The van der Waals surface area contributed by atoms with Gasteiger partial charge in [0.15, 0.2) is 0 Å². The van der Waals surface area contributed by atoms with Gasteiger partial charge in [-0.05, 0) is 25.1 Å². The lowest BCUT2D eigenvalue weighted by Gasteiger charge is -2.11. The molecule has 0 aliphatic rings. The predicted octanol–water partition coefficient (Wildman–Crippen LogP) is 1.26. The molecule has 4 nitrogen and oxygen atoms in total. The van der Waals surface area contributed by atoms with Crippen molar-refractivity contribution in [3.05, 3.63) is 23.8 Å². The minimum absolute atomic E-state index is 0.0998. The first-order valence-corrected chi connectivity index (χ1v) is 7.05. The third-order valence-electron chi connectivity index (χ3n) is 2.60. The van der Waals surface area contributed by atoms with Gasteiger partial charge in [0.25, 0.3) is 0 Å². The lowest BCUT2D eigenvalue weighted by atomic mass is 10.2. The number of nitrogens with one attached hydrogen (secondary N) is 1. The summed E-state index contributed by atoms with van der Waals surface area (Å²) < 4.78 is 16.2. The molecule has 0 aromatic heterocycles. The van der Waals surface area contributed by atoms with Crippen LogP contribution in [0.1, 0.15) is 12.5 Å². The Morgan fingerprint density at radius 1 is 1.53 bits per heavy atom. The van der Waals surface area contributed by atoms with Gasteiger partial charge >= 0.3 is 0 Å². The van der Waals surface area contributed by atoms with Gasteiger partial charge in [0, 0.05) is 41.0 Å². The van der Waals surface area contributed by atoms with Gasteiger partial charge < -0.3 is 15.2 Å². The molecule has 0 spiro atoms. The minimum atomic E-state index is -0.829. The first-order chi connectivity index (χ1) is 8.04. The molecule has 17 heavy (non-hydrogen) atoms. The second-order valence-electron chi connectivity index (χ2n) is 3.93.